The van der Waals surface area contributed by atoms with E-state index in [0.29, 0.717) is 16.3 Å². The number of benzene rings is 3. The SMILES string of the molecule is O=C(Nc1cccc(C(F)(F)F)c1)c1ccc(NC(=O)c2ccccc2Cl)cc1. The van der Waals surface area contributed by atoms with Crippen LogP contribution in [0, 0.1) is 0 Å². The van der Waals surface area contributed by atoms with Crippen molar-refractivity contribution in [2.24, 2.45) is 0 Å². The highest BCUT2D eigenvalue weighted by Crippen LogP contribution is 2.30. The minimum atomic E-state index is -4.50. The molecule has 0 aromatic heterocycles. The second kappa shape index (κ2) is 8.36. The Morgan fingerprint density at radius 2 is 1.41 bits per heavy atom. The van der Waals surface area contributed by atoms with Gasteiger partial charge in [-0.2, -0.15) is 13.2 Å². The Hall–Kier alpha value is -3.32. The Bertz CT molecular complexity index is 1050. The minimum Gasteiger partial charge on any atom is -0.322 e. The topological polar surface area (TPSA) is 58.2 Å². The summed E-state index contributed by atoms with van der Waals surface area (Å²) in [6, 6.07) is 16.8. The van der Waals surface area contributed by atoms with Crippen LogP contribution in [0.25, 0.3) is 0 Å². The molecular formula is C21H14ClF3N2O2. The number of alkyl halides is 3. The van der Waals surface area contributed by atoms with E-state index in [-0.39, 0.29) is 11.3 Å². The summed E-state index contributed by atoms with van der Waals surface area (Å²) in [5, 5.41) is 5.39. The van der Waals surface area contributed by atoms with Gasteiger partial charge in [-0.15, -0.1) is 0 Å². The van der Waals surface area contributed by atoms with Crippen LogP contribution in [0.15, 0.2) is 72.8 Å². The number of carbonyl (C=O) groups is 2. The van der Waals surface area contributed by atoms with Gasteiger partial charge in [-0.25, -0.2) is 0 Å². The van der Waals surface area contributed by atoms with Crippen LogP contribution in [-0.4, -0.2) is 11.8 Å². The van der Waals surface area contributed by atoms with E-state index in [1.807, 2.05) is 0 Å². The molecule has 8 heteroatoms. The zero-order valence-electron chi connectivity index (χ0n) is 14.8. The first-order chi connectivity index (χ1) is 13.7. The Morgan fingerprint density at radius 1 is 0.759 bits per heavy atom. The zero-order valence-corrected chi connectivity index (χ0v) is 15.5. The molecule has 0 aliphatic rings. The lowest BCUT2D eigenvalue weighted by atomic mass is 10.1. The average molecular weight is 419 g/mol. The van der Waals surface area contributed by atoms with E-state index in [0.717, 1.165) is 12.1 Å². The molecule has 0 aliphatic heterocycles. The van der Waals surface area contributed by atoms with E-state index in [9.17, 15) is 22.8 Å². The van der Waals surface area contributed by atoms with Crippen LogP contribution in [0.4, 0.5) is 24.5 Å². The molecule has 3 rings (SSSR count). The van der Waals surface area contributed by atoms with Crippen LogP contribution in [0.5, 0.6) is 0 Å². The third kappa shape index (κ3) is 5.14. The molecule has 0 fully saturated rings. The highest BCUT2D eigenvalue weighted by Gasteiger charge is 2.30. The molecule has 3 aromatic carbocycles. The van der Waals surface area contributed by atoms with Crippen LogP contribution in [-0.2, 0) is 6.18 Å². The van der Waals surface area contributed by atoms with Gasteiger partial charge in [-0.05, 0) is 54.6 Å². The maximum Gasteiger partial charge on any atom is 0.416 e. The smallest absolute Gasteiger partial charge is 0.322 e. The predicted octanol–water partition coefficient (Wildman–Crippen LogP) is 5.86. The van der Waals surface area contributed by atoms with Gasteiger partial charge in [-0.3, -0.25) is 9.59 Å². The van der Waals surface area contributed by atoms with Gasteiger partial charge >= 0.3 is 6.18 Å². The van der Waals surface area contributed by atoms with Crippen LogP contribution in [0.2, 0.25) is 5.02 Å². The maximum atomic E-state index is 12.8. The van der Waals surface area contributed by atoms with Crippen molar-refractivity contribution in [3.8, 4) is 0 Å². The predicted molar refractivity (Wildman–Crippen MR) is 105 cm³/mol. The van der Waals surface area contributed by atoms with Crippen LogP contribution in [0.1, 0.15) is 26.3 Å². The fraction of sp³-hybridized carbons (Fsp3) is 0.0476. The van der Waals surface area contributed by atoms with Crippen molar-refractivity contribution in [1.29, 1.82) is 0 Å². The summed E-state index contributed by atoms with van der Waals surface area (Å²) < 4.78 is 38.3. The average Bonchev–Trinajstić information content (AvgIpc) is 2.68. The Labute approximate surface area is 169 Å². The fourth-order valence-electron chi connectivity index (χ4n) is 2.53. The van der Waals surface area contributed by atoms with Crippen molar-refractivity contribution in [3.05, 3.63) is 94.5 Å². The zero-order chi connectivity index (χ0) is 21.0. The molecule has 3 aromatic rings. The molecule has 0 saturated heterocycles. The van der Waals surface area contributed by atoms with Gasteiger partial charge in [0.25, 0.3) is 11.8 Å². The van der Waals surface area contributed by atoms with Gasteiger partial charge in [0, 0.05) is 16.9 Å². The number of rotatable bonds is 4. The number of halogens is 4. The Morgan fingerprint density at radius 3 is 2.07 bits per heavy atom. The second-order valence-electron chi connectivity index (χ2n) is 6.04. The first kappa shape index (κ1) is 20.4. The summed E-state index contributed by atoms with van der Waals surface area (Å²) in [6.07, 6.45) is -4.50. The molecule has 29 heavy (non-hydrogen) atoms. The van der Waals surface area contributed by atoms with Gasteiger partial charge < -0.3 is 10.6 Å². The quantitative estimate of drug-likeness (QED) is 0.557. The molecule has 0 saturated carbocycles. The van der Waals surface area contributed by atoms with E-state index >= 15 is 0 Å². The standard InChI is InChI=1S/C21H14ClF3N2O2/c22-18-7-2-1-6-17(18)20(29)26-15-10-8-13(9-11-15)19(28)27-16-5-3-4-14(12-16)21(23,24)25/h1-12H,(H,26,29)(H,27,28). The third-order valence-electron chi connectivity index (χ3n) is 3.97. The summed E-state index contributed by atoms with van der Waals surface area (Å²) in [7, 11) is 0. The van der Waals surface area contributed by atoms with Crippen molar-refractivity contribution in [1.82, 2.24) is 0 Å². The summed E-state index contributed by atoms with van der Waals surface area (Å²) >= 11 is 5.98. The molecule has 0 atom stereocenters. The summed E-state index contributed by atoms with van der Waals surface area (Å²) in [6.45, 7) is 0. The first-order valence-corrected chi connectivity index (χ1v) is 8.76. The van der Waals surface area contributed by atoms with Crippen LogP contribution < -0.4 is 10.6 Å². The van der Waals surface area contributed by atoms with Crippen molar-refractivity contribution in [3.63, 3.8) is 0 Å². The van der Waals surface area contributed by atoms with E-state index in [1.165, 1.54) is 36.4 Å². The molecule has 2 amide bonds. The molecule has 4 nitrogen and oxygen atoms in total. The molecule has 0 radical (unpaired) electrons. The lowest BCUT2D eigenvalue weighted by Gasteiger charge is -2.10. The summed E-state index contributed by atoms with van der Waals surface area (Å²) in [4.78, 5) is 24.5. The van der Waals surface area contributed by atoms with Gasteiger partial charge in [0.05, 0.1) is 16.1 Å². The maximum absolute atomic E-state index is 12.8. The number of hydrogen-bond acceptors (Lipinski definition) is 2. The molecule has 0 spiro atoms. The van der Waals surface area contributed by atoms with Crippen LogP contribution in [0.3, 0.4) is 0 Å². The Balaban J connectivity index is 1.68. The lowest BCUT2D eigenvalue weighted by molar-refractivity contribution is -0.137. The van der Waals surface area contributed by atoms with Crippen molar-refractivity contribution in [2.75, 3.05) is 10.6 Å². The monoisotopic (exact) mass is 418 g/mol. The van der Waals surface area contributed by atoms with Crippen molar-refractivity contribution < 1.29 is 22.8 Å². The molecule has 148 valence electrons. The highest BCUT2D eigenvalue weighted by molar-refractivity contribution is 6.34. The minimum absolute atomic E-state index is 0.0286. The fourth-order valence-corrected chi connectivity index (χ4v) is 2.75. The highest BCUT2D eigenvalue weighted by atomic mass is 35.5. The number of anilines is 2. The first-order valence-electron chi connectivity index (χ1n) is 8.38. The van der Waals surface area contributed by atoms with E-state index in [2.05, 4.69) is 10.6 Å². The Kier molecular flexibility index (Phi) is 5.89. The van der Waals surface area contributed by atoms with Crippen molar-refractivity contribution in [2.45, 2.75) is 6.18 Å². The van der Waals surface area contributed by atoms with E-state index < -0.39 is 23.6 Å². The molecular weight excluding hydrogens is 405 g/mol. The molecule has 0 unspecified atom stereocenters. The number of nitrogens with one attached hydrogen (secondary N) is 2. The van der Waals surface area contributed by atoms with Crippen molar-refractivity contribution >= 4 is 34.8 Å². The third-order valence-corrected chi connectivity index (χ3v) is 4.30. The van der Waals surface area contributed by atoms with Gasteiger partial charge in [-0.1, -0.05) is 29.8 Å². The van der Waals surface area contributed by atoms with E-state index in [1.54, 1.807) is 24.3 Å². The van der Waals surface area contributed by atoms with Gasteiger partial charge in [0.15, 0.2) is 0 Å². The molecule has 0 bridgehead atoms. The second-order valence-corrected chi connectivity index (χ2v) is 6.45. The number of carbonyl (C=O) groups excluding carboxylic acids is 2. The van der Waals surface area contributed by atoms with Crippen LogP contribution >= 0.6 is 11.6 Å². The van der Waals surface area contributed by atoms with Gasteiger partial charge in [0.1, 0.15) is 0 Å². The normalized spacial score (nSPS) is 11.0. The number of hydrogen-bond donors (Lipinski definition) is 2. The largest absolute Gasteiger partial charge is 0.416 e. The van der Waals surface area contributed by atoms with E-state index in [4.69, 9.17) is 11.6 Å². The summed E-state index contributed by atoms with van der Waals surface area (Å²) in [5.74, 6) is -0.981. The molecule has 0 aliphatic carbocycles. The summed E-state index contributed by atoms with van der Waals surface area (Å²) in [5.41, 5.74) is 0.137. The molecule has 2 N–H and O–H groups in total. The lowest BCUT2D eigenvalue weighted by Crippen LogP contribution is -2.14. The molecule has 0 heterocycles. The van der Waals surface area contributed by atoms with Gasteiger partial charge in [0.2, 0.25) is 0 Å². The number of amides is 2.